The van der Waals surface area contributed by atoms with Gasteiger partial charge in [-0.05, 0) is 25.2 Å². The van der Waals surface area contributed by atoms with Crippen LogP contribution in [0.4, 0.5) is 0 Å². The van der Waals surface area contributed by atoms with Crippen molar-refractivity contribution in [3.05, 3.63) is 12.7 Å². The molecule has 0 aromatic heterocycles. The summed E-state index contributed by atoms with van der Waals surface area (Å²) >= 11 is 0. The van der Waals surface area contributed by atoms with E-state index in [0.717, 1.165) is 12.8 Å². The minimum absolute atomic E-state index is 0.0692. The fourth-order valence-corrected chi connectivity index (χ4v) is 2.16. The molecule has 4 heteroatoms. The zero-order valence-electron chi connectivity index (χ0n) is 8.85. The molecule has 84 valence electrons. The second kappa shape index (κ2) is 3.61. The van der Waals surface area contributed by atoms with E-state index in [0.29, 0.717) is 25.4 Å². The molecule has 1 aliphatic heterocycles. The molecule has 0 radical (unpaired) electrons. The van der Waals surface area contributed by atoms with Gasteiger partial charge >= 0.3 is 0 Å². The Kier molecular flexibility index (Phi) is 2.56. The molecule has 15 heavy (non-hydrogen) atoms. The average Bonchev–Trinajstić information content (AvgIpc) is 2.95. The number of rotatable bonds is 4. The Morgan fingerprint density at radius 3 is 2.73 bits per heavy atom. The van der Waals surface area contributed by atoms with Crippen LogP contribution in [0, 0.1) is 5.92 Å². The Morgan fingerprint density at radius 1 is 1.67 bits per heavy atom. The van der Waals surface area contributed by atoms with Crippen LogP contribution >= 0.6 is 0 Å². The summed E-state index contributed by atoms with van der Waals surface area (Å²) < 4.78 is 0. The monoisotopic (exact) mass is 210 g/mol. The van der Waals surface area contributed by atoms with Crippen LogP contribution in [0.3, 0.4) is 0 Å². The summed E-state index contributed by atoms with van der Waals surface area (Å²) in [5.41, 5.74) is 5.07. The zero-order chi connectivity index (χ0) is 11.1. The summed E-state index contributed by atoms with van der Waals surface area (Å²) in [4.78, 5) is 13.3. The van der Waals surface area contributed by atoms with Crippen molar-refractivity contribution in [2.45, 2.75) is 30.9 Å². The minimum Gasteiger partial charge on any atom is -0.386 e. The summed E-state index contributed by atoms with van der Waals surface area (Å²) in [6.45, 7) is 4.47. The molecule has 0 aromatic rings. The number of nitrogens with zero attached hydrogens (tertiary/aromatic N) is 1. The van der Waals surface area contributed by atoms with Crippen molar-refractivity contribution in [1.29, 1.82) is 0 Å². The molecule has 4 nitrogen and oxygen atoms in total. The first-order valence-corrected chi connectivity index (χ1v) is 5.44. The maximum absolute atomic E-state index is 11.7. The molecule has 2 rings (SSSR count). The summed E-state index contributed by atoms with van der Waals surface area (Å²) in [5.74, 6) is 0.345. The van der Waals surface area contributed by atoms with E-state index in [-0.39, 0.29) is 5.91 Å². The molecule has 1 amide bonds. The van der Waals surface area contributed by atoms with Crippen molar-refractivity contribution in [2.75, 3.05) is 13.1 Å². The van der Waals surface area contributed by atoms with Crippen LogP contribution in [-0.2, 0) is 4.79 Å². The van der Waals surface area contributed by atoms with Crippen molar-refractivity contribution in [3.8, 4) is 0 Å². The van der Waals surface area contributed by atoms with Crippen molar-refractivity contribution >= 4 is 5.91 Å². The van der Waals surface area contributed by atoms with Gasteiger partial charge in [0.05, 0.1) is 19.1 Å². The van der Waals surface area contributed by atoms with Gasteiger partial charge in [-0.3, -0.25) is 4.79 Å². The van der Waals surface area contributed by atoms with E-state index in [4.69, 9.17) is 5.73 Å². The zero-order valence-corrected chi connectivity index (χ0v) is 8.85. The number of aliphatic hydroxyl groups is 1. The number of hydrogen-bond acceptors (Lipinski definition) is 3. The molecule has 0 spiro atoms. The lowest BCUT2D eigenvalue weighted by atomic mass is 9.88. The third-order valence-electron chi connectivity index (χ3n) is 3.32. The third kappa shape index (κ3) is 1.92. The third-order valence-corrected chi connectivity index (χ3v) is 3.32. The Balaban J connectivity index is 1.82. The summed E-state index contributed by atoms with van der Waals surface area (Å²) in [5, 5.41) is 10.0. The van der Waals surface area contributed by atoms with E-state index < -0.39 is 11.6 Å². The lowest BCUT2D eigenvalue weighted by molar-refractivity contribution is -0.160. The molecule has 2 fully saturated rings. The second-order valence-corrected chi connectivity index (χ2v) is 4.70. The van der Waals surface area contributed by atoms with E-state index in [1.807, 2.05) is 0 Å². The van der Waals surface area contributed by atoms with Gasteiger partial charge in [0.2, 0.25) is 5.91 Å². The second-order valence-electron chi connectivity index (χ2n) is 4.70. The fraction of sp³-hybridized carbons (Fsp3) is 0.727. The first kappa shape index (κ1) is 10.6. The number of amides is 1. The maximum atomic E-state index is 11.7. The quantitative estimate of drug-likeness (QED) is 0.635. The first-order valence-electron chi connectivity index (χ1n) is 5.44. The lowest BCUT2D eigenvalue weighted by Crippen LogP contribution is -2.66. The van der Waals surface area contributed by atoms with Crippen LogP contribution in [0.25, 0.3) is 0 Å². The number of carbonyl (C=O) groups excluding carboxylic acids is 1. The van der Waals surface area contributed by atoms with E-state index in [2.05, 4.69) is 6.58 Å². The van der Waals surface area contributed by atoms with Crippen LogP contribution < -0.4 is 5.73 Å². The van der Waals surface area contributed by atoms with E-state index in [1.165, 1.54) is 0 Å². The Labute approximate surface area is 89.7 Å². The largest absolute Gasteiger partial charge is 0.386 e. The smallest absolute Gasteiger partial charge is 0.240 e. The number of β-amino-alcohol motifs (C(OH)–C–C–N with tert-alkyl or cyclic N) is 1. The number of likely N-dealkylation sites (tertiary alicyclic amines) is 1. The molecule has 2 aliphatic rings. The van der Waals surface area contributed by atoms with E-state index in [1.54, 1.807) is 11.0 Å². The van der Waals surface area contributed by atoms with Crippen molar-refractivity contribution in [1.82, 2.24) is 4.90 Å². The standard InChI is InChI=1S/C11H18N2O2/c1-2-3-9(12)10(14)13-6-11(15,7-13)8-4-5-8/h2,8-9,15H,1,3-7,12H2. The number of carbonyl (C=O) groups is 1. The highest BCUT2D eigenvalue weighted by molar-refractivity contribution is 5.82. The van der Waals surface area contributed by atoms with Crippen LogP contribution in [0.15, 0.2) is 12.7 Å². The molecule has 1 saturated carbocycles. The van der Waals surface area contributed by atoms with Crippen LogP contribution in [0.2, 0.25) is 0 Å². The molecule has 0 aromatic carbocycles. The molecule has 1 atom stereocenters. The molecule has 3 N–H and O–H groups in total. The molecule has 1 unspecified atom stereocenters. The van der Waals surface area contributed by atoms with Gasteiger partial charge in [-0.15, -0.1) is 6.58 Å². The summed E-state index contributed by atoms with van der Waals surface area (Å²) in [6.07, 6.45) is 4.33. The summed E-state index contributed by atoms with van der Waals surface area (Å²) in [6, 6.07) is -0.494. The van der Waals surface area contributed by atoms with Gasteiger partial charge in [-0.2, -0.15) is 0 Å². The highest BCUT2D eigenvalue weighted by Crippen LogP contribution is 2.44. The predicted molar refractivity (Wildman–Crippen MR) is 57.0 cm³/mol. The first-order chi connectivity index (χ1) is 7.07. The van der Waals surface area contributed by atoms with Crippen molar-refractivity contribution in [3.63, 3.8) is 0 Å². The Bertz CT molecular complexity index is 280. The predicted octanol–water partition coefficient (Wildman–Crippen LogP) is -0.127. The maximum Gasteiger partial charge on any atom is 0.240 e. The van der Waals surface area contributed by atoms with Gasteiger partial charge < -0.3 is 15.7 Å². The highest BCUT2D eigenvalue weighted by Gasteiger charge is 2.53. The molecule has 0 bridgehead atoms. The van der Waals surface area contributed by atoms with Crippen LogP contribution in [-0.4, -0.2) is 40.6 Å². The lowest BCUT2D eigenvalue weighted by Gasteiger charge is -2.47. The minimum atomic E-state index is -0.608. The van der Waals surface area contributed by atoms with Crippen LogP contribution in [0.1, 0.15) is 19.3 Å². The molecule has 1 heterocycles. The molecule has 1 saturated heterocycles. The number of hydrogen-bond donors (Lipinski definition) is 2. The van der Waals surface area contributed by atoms with E-state index in [9.17, 15) is 9.90 Å². The topological polar surface area (TPSA) is 66.6 Å². The van der Waals surface area contributed by atoms with Crippen LogP contribution in [0.5, 0.6) is 0 Å². The average molecular weight is 210 g/mol. The van der Waals surface area contributed by atoms with Gasteiger partial charge in [0.1, 0.15) is 5.60 Å². The highest BCUT2D eigenvalue weighted by atomic mass is 16.3. The van der Waals surface area contributed by atoms with Crippen molar-refractivity contribution < 1.29 is 9.90 Å². The summed E-state index contributed by atoms with van der Waals surface area (Å²) in [7, 11) is 0. The molecular weight excluding hydrogens is 192 g/mol. The molecular formula is C11H18N2O2. The SMILES string of the molecule is C=CCC(N)C(=O)N1CC(O)(C2CC2)C1. The van der Waals surface area contributed by atoms with Gasteiger partial charge in [0.25, 0.3) is 0 Å². The Morgan fingerprint density at radius 2 is 2.27 bits per heavy atom. The Hall–Kier alpha value is -0.870. The van der Waals surface area contributed by atoms with Crippen molar-refractivity contribution in [2.24, 2.45) is 11.7 Å². The van der Waals surface area contributed by atoms with Gasteiger partial charge in [0.15, 0.2) is 0 Å². The van der Waals surface area contributed by atoms with E-state index >= 15 is 0 Å². The van der Waals surface area contributed by atoms with Gasteiger partial charge in [-0.1, -0.05) is 6.08 Å². The normalized spacial score (nSPS) is 25.6. The number of nitrogens with two attached hydrogens (primary N) is 1. The molecule has 1 aliphatic carbocycles. The van der Waals surface area contributed by atoms with Gasteiger partial charge in [0, 0.05) is 0 Å². The fourth-order valence-electron chi connectivity index (χ4n) is 2.16. The van der Waals surface area contributed by atoms with Gasteiger partial charge in [-0.25, -0.2) is 0 Å².